The van der Waals surface area contributed by atoms with Crippen molar-refractivity contribution in [3.8, 4) is 23.0 Å². The van der Waals surface area contributed by atoms with Crippen LogP contribution in [-0.4, -0.2) is 43.0 Å². The minimum atomic E-state index is -0.861. The molecule has 1 atom stereocenters. The molecule has 0 aromatic heterocycles. The second kappa shape index (κ2) is 7.83. The second-order valence-electron chi connectivity index (χ2n) is 7.79. The molecule has 0 aliphatic carbocycles. The van der Waals surface area contributed by atoms with Gasteiger partial charge in [-0.25, -0.2) is 0 Å². The number of hydrogen-bond acceptors (Lipinski definition) is 6. The third kappa shape index (κ3) is 4.40. The van der Waals surface area contributed by atoms with Crippen molar-refractivity contribution in [1.82, 2.24) is 5.32 Å². The van der Waals surface area contributed by atoms with Gasteiger partial charge in [0.1, 0.15) is 18.8 Å². The van der Waals surface area contributed by atoms with Crippen LogP contribution < -0.4 is 24.3 Å². The summed E-state index contributed by atoms with van der Waals surface area (Å²) in [7, 11) is 0. The third-order valence-electron chi connectivity index (χ3n) is 4.86. The summed E-state index contributed by atoms with van der Waals surface area (Å²) in [6.07, 6.45) is -0.0622. The fourth-order valence-electron chi connectivity index (χ4n) is 3.49. The molecule has 1 amide bonds. The summed E-state index contributed by atoms with van der Waals surface area (Å²) in [5.41, 5.74) is 1.44. The smallest absolute Gasteiger partial charge is 0.258 e. The van der Waals surface area contributed by atoms with Crippen molar-refractivity contribution in [3.05, 3.63) is 47.5 Å². The fraction of sp³-hybridized carbons (Fsp3) is 0.409. The third-order valence-corrected chi connectivity index (χ3v) is 4.86. The van der Waals surface area contributed by atoms with Crippen LogP contribution in [-0.2, 0) is 11.2 Å². The molecular weight excluding hydrogens is 374 g/mol. The number of rotatable bonds is 6. The van der Waals surface area contributed by atoms with Crippen LogP contribution in [0.5, 0.6) is 23.0 Å². The Kier molecular flexibility index (Phi) is 5.24. The number of hydrogen-bond donors (Lipinski definition) is 2. The molecule has 7 nitrogen and oxygen atoms in total. The lowest BCUT2D eigenvalue weighted by atomic mass is 10.0. The molecule has 2 heterocycles. The van der Waals surface area contributed by atoms with E-state index in [1.54, 1.807) is 24.3 Å². The normalized spacial score (nSPS) is 17.1. The zero-order valence-corrected chi connectivity index (χ0v) is 16.6. The minimum Gasteiger partial charge on any atom is -0.486 e. The van der Waals surface area contributed by atoms with Gasteiger partial charge in [0.15, 0.2) is 29.6 Å². The van der Waals surface area contributed by atoms with E-state index in [4.69, 9.17) is 18.9 Å². The Balaban J connectivity index is 1.30. The number of aliphatic hydroxyl groups is 1. The number of fused-ring (bicyclic) bond motifs is 2. The largest absolute Gasteiger partial charge is 0.486 e. The molecule has 0 fully saturated rings. The first-order chi connectivity index (χ1) is 13.9. The molecular formula is C22H25NO6. The Morgan fingerprint density at radius 2 is 2.00 bits per heavy atom. The molecule has 2 aromatic carbocycles. The Morgan fingerprint density at radius 1 is 1.21 bits per heavy atom. The first-order valence-corrected chi connectivity index (χ1v) is 9.69. The zero-order chi connectivity index (χ0) is 20.4. The van der Waals surface area contributed by atoms with Crippen LogP contribution in [0.1, 0.15) is 31.1 Å². The van der Waals surface area contributed by atoms with Gasteiger partial charge >= 0.3 is 0 Å². The summed E-state index contributed by atoms with van der Waals surface area (Å²) in [5.74, 6) is 2.18. The molecule has 0 spiro atoms. The molecule has 7 heteroatoms. The van der Waals surface area contributed by atoms with Gasteiger partial charge in [-0.1, -0.05) is 18.2 Å². The van der Waals surface area contributed by atoms with Gasteiger partial charge in [0.2, 0.25) is 0 Å². The lowest BCUT2D eigenvalue weighted by molar-refractivity contribution is -0.123. The average Bonchev–Trinajstić information content (AvgIpc) is 3.04. The van der Waals surface area contributed by atoms with Crippen LogP contribution in [0.4, 0.5) is 0 Å². The summed E-state index contributed by atoms with van der Waals surface area (Å²) in [6, 6.07) is 10.9. The summed E-state index contributed by atoms with van der Waals surface area (Å²) in [6.45, 7) is 4.93. The standard InChI is InChI=1S/C22H25NO6/c1-22(2)11-15-4-3-5-18(21(15)29-22)28-13-20(25)23-12-16(24)14-6-7-17-19(10-14)27-9-8-26-17/h3-7,10,16,24H,8-9,11-13H2,1-2H3,(H,23,25)/t16-/m1/s1. The highest BCUT2D eigenvalue weighted by Gasteiger charge is 2.32. The van der Waals surface area contributed by atoms with E-state index in [0.717, 1.165) is 12.0 Å². The molecule has 2 aliphatic heterocycles. The SMILES string of the molecule is CC1(C)Cc2cccc(OCC(=O)NC[C@@H](O)c3ccc4c(c3)OCCO4)c2O1. The Bertz CT molecular complexity index is 910. The number of carbonyl (C=O) groups is 1. The predicted molar refractivity (Wildman–Crippen MR) is 106 cm³/mol. The monoisotopic (exact) mass is 399 g/mol. The van der Waals surface area contributed by atoms with Crippen molar-refractivity contribution < 1.29 is 28.8 Å². The Hall–Kier alpha value is -2.93. The molecule has 0 radical (unpaired) electrons. The van der Waals surface area contributed by atoms with Gasteiger partial charge in [0, 0.05) is 18.5 Å². The molecule has 0 unspecified atom stereocenters. The highest BCUT2D eigenvalue weighted by atomic mass is 16.6. The summed E-state index contributed by atoms with van der Waals surface area (Å²) >= 11 is 0. The van der Waals surface area contributed by atoms with Gasteiger partial charge < -0.3 is 29.4 Å². The van der Waals surface area contributed by atoms with E-state index in [0.29, 0.717) is 41.8 Å². The summed E-state index contributed by atoms with van der Waals surface area (Å²) < 4.78 is 22.6. The number of ether oxygens (including phenoxy) is 4. The summed E-state index contributed by atoms with van der Waals surface area (Å²) in [5, 5.41) is 13.1. The first-order valence-electron chi connectivity index (χ1n) is 9.69. The molecule has 2 N–H and O–H groups in total. The lowest BCUT2D eigenvalue weighted by Gasteiger charge is -2.20. The summed E-state index contributed by atoms with van der Waals surface area (Å²) in [4.78, 5) is 12.2. The maximum absolute atomic E-state index is 12.2. The van der Waals surface area contributed by atoms with Gasteiger partial charge in [-0.15, -0.1) is 0 Å². The van der Waals surface area contributed by atoms with Crippen molar-refractivity contribution in [2.75, 3.05) is 26.4 Å². The number of benzene rings is 2. The first kappa shape index (κ1) is 19.4. The molecule has 154 valence electrons. The molecule has 0 saturated carbocycles. The minimum absolute atomic E-state index is 0.0677. The maximum atomic E-state index is 12.2. The van der Waals surface area contributed by atoms with Crippen molar-refractivity contribution in [2.45, 2.75) is 32.0 Å². The van der Waals surface area contributed by atoms with Crippen LogP contribution in [0.25, 0.3) is 0 Å². The van der Waals surface area contributed by atoms with Crippen molar-refractivity contribution in [1.29, 1.82) is 0 Å². The fourth-order valence-corrected chi connectivity index (χ4v) is 3.49. The van der Waals surface area contributed by atoms with E-state index in [2.05, 4.69) is 5.32 Å². The molecule has 2 aliphatic rings. The maximum Gasteiger partial charge on any atom is 0.258 e. The van der Waals surface area contributed by atoms with Crippen molar-refractivity contribution >= 4 is 5.91 Å². The van der Waals surface area contributed by atoms with Gasteiger partial charge in [-0.2, -0.15) is 0 Å². The lowest BCUT2D eigenvalue weighted by Crippen LogP contribution is -2.32. The van der Waals surface area contributed by atoms with E-state index >= 15 is 0 Å². The van der Waals surface area contributed by atoms with E-state index in [9.17, 15) is 9.90 Å². The Morgan fingerprint density at radius 3 is 2.83 bits per heavy atom. The van der Waals surface area contributed by atoms with E-state index in [1.165, 1.54) is 0 Å². The van der Waals surface area contributed by atoms with Crippen molar-refractivity contribution in [3.63, 3.8) is 0 Å². The number of carbonyl (C=O) groups excluding carboxylic acids is 1. The number of aliphatic hydroxyl groups excluding tert-OH is 1. The van der Waals surface area contributed by atoms with Gasteiger partial charge in [-0.3, -0.25) is 4.79 Å². The average molecular weight is 399 g/mol. The number of amides is 1. The molecule has 0 bridgehead atoms. The second-order valence-corrected chi connectivity index (χ2v) is 7.79. The van der Waals surface area contributed by atoms with E-state index in [1.807, 2.05) is 26.0 Å². The topological polar surface area (TPSA) is 86.3 Å². The van der Waals surface area contributed by atoms with Gasteiger partial charge in [0.05, 0.1) is 6.10 Å². The quantitative estimate of drug-likeness (QED) is 0.776. The molecule has 2 aromatic rings. The molecule has 0 saturated heterocycles. The van der Waals surface area contributed by atoms with Crippen LogP contribution in [0.2, 0.25) is 0 Å². The molecule has 29 heavy (non-hydrogen) atoms. The van der Waals surface area contributed by atoms with Crippen molar-refractivity contribution in [2.24, 2.45) is 0 Å². The van der Waals surface area contributed by atoms with Crippen LogP contribution in [0, 0.1) is 0 Å². The number of para-hydroxylation sites is 1. The Labute approximate surface area is 169 Å². The van der Waals surface area contributed by atoms with Crippen LogP contribution in [0.3, 0.4) is 0 Å². The van der Waals surface area contributed by atoms with E-state index < -0.39 is 6.10 Å². The van der Waals surface area contributed by atoms with E-state index in [-0.39, 0.29) is 24.7 Å². The zero-order valence-electron chi connectivity index (χ0n) is 16.6. The highest BCUT2D eigenvalue weighted by molar-refractivity contribution is 5.77. The van der Waals surface area contributed by atoms with Crippen LogP contribution >= 0.6 is 0 Å². The van der Waals surface area contributed by atoms with Gasteiger partial charge in [0.25, 0.3) is 5.91 Å². The predicted octanol–water partition coefficient (Wildman–Crippen LogP) is 2.40. The highest BCUT2D eigenvalue weighted by Crippen LogP contribution is 2.41. The van der Waals surface area contributed by atoms with Gasteiger partial charge in [-0.05, 0) is 37.6 Å². The number of nitrogens with one attached hydrogen (secondary N) is 1. The molecule has 4 rings (SSSR count). The van der Waals surface area contributed by atoms with Crippen LogP contribution in [0.15, 0.2) is 36.4 Å².